The van der Waals surface area contributed by atoms with Gasteiger partial charge in [0.1, 0.15) is 18.1 Å². The van der Waals surface area contributed by atoms with E-state index in [1.165, 1.54) is 6.07 Å². The molecule has 3 amide bonds. The summed E-state index contributed by atoms with van der Waals surface area (Å²) < 4.78 is 29.7. The topological polar surface area (TPSA) is 308 Å². The Bertz CT molecular complexity index is 1350. The predicted octanol–water partition coefficient (Wildman–Crippen LogP) is -8.75. The number of carbonyl (C=O) groups excluding carboxylic acids is 3. The number of rotatable bonds is 25. The average Bonchev–Trinajstić information content (AvgIpc) is 3.00. The summed E-state index contributed by atoms with van der Waals surface area (Å²) in [6.07, 6.45) is -0.000265. The van der Waals surface area contributed by atoms with E-state index in [-0.39, 0.29) is 192 Å². The number of aliphatic carboxylic acids is 4. The van der Waals surface area contributed by atoms with Crippen LogP contribution in [0, 0.1) is 5.95 Å². The molecule has 0 radical (unpaired) electrons. The van der Waals surface area contributed by atoms with Gasteiger partial charge >= 0.3 is 186 Å². The van der Waals surface area contributed by atoms with Crippen molar-refractivity contribution in [1.82, 2.24) is 26.0 Å². The van der Waals surface area contributed by atoms with Crippen molar-refractivity contribution in [3.05, 3.63) is 29.8 Å². The van der Waals surface area contributed by atoms with E-state index in [2.05, 4.69) is 20.9 Å². The van der Waals surface area contributed by atoms with Crippen molar-refractivity contribution in [3.63, 3.8) is 0 Å². The normalized spacial score (nSPS) is 13.2. The number of pyridine rings is 1. The Labute approximate surface area is 420 Å². The summed E-state index contributed by atoms with van der Waals surface area (Å²) in [5, 5.41) is 45.5. The number of carbonyl (C=O) groups is 7. The average molecular weight is 824 g/mol. The number of carboxylic acid groups (broad SMARTS) is 4. The first kappa shape index (κ1) is 55.7. The van der Waals surface area contributed by atoms with Crippen LogP contribution < -0.4 is 175 Å². The molecular weight excluding hydrogens is 785 g/mol. The smallest absolute Gasteiger partial charge is 0.481 e. The van der Waals surface area contributed by atoms with Gasteiger partial charge in [-0.1, -0.05) is 6.42 Å². The van der Waals surface area contributed by atoms with Crippen LogP contribution in [0.2, 0.25) is 0 Å². The molecule has 1 heterocycles. The van der Waals surface area contributed by atoms with Gasteiger partial charge in [0.2, 0.25) is 17.8 Å². The number of amides is 3. The van der Waals surface area contributed by atoms with Crippen LogP contribution in [0.25, 0.3) is 0 Å². The maximum absolute atomic E-state index is 12.8. The molecular formula is C27H39FK3N5O14P+3. The van der Waals surface area contributed by atoms with Crippen molar-refractivity contribution in [2.45, 2.75) is 82.3 Å². The molecule has 0 fully saturated rings. The van der Waals surface area contributed by atoms with E-state index in [0.717, 1.165) is 12.3 Å². The monoisotopic (exact) mass is 823 g/mol. The minimum atomic E-state index is -4.72. The number of unbranched alkanes of at least 4 members (excludes halogenated alkanes) is 2. The van der Waals surface area contributed by atoms with Gasteiger partial charge in [0.05, 0.1) is 12.2 Å². The summed E-state index contributed by atoms with van der Waals surface area (Å²) in [7, 11) is -4.72. The third-order valence-corrected chi connectivity index (χ3v) is 7.62. The number of hydrogen-bond donors (Lipinski definition) is 9. The largest absolute Gasteiger partial charge is 1.00 e. The molecule has 0 aliphatic carbocycles. The first-order valence-corrected chi connectivity index (χ1v) is 16.2. The van der Waals surface area contributed by atoms with Crippen LogP contribution >= 0.6 is 7.75 Å². The molecule has 0 aliphatic rings. The molecule has 0 saturated carbocycles. The summed E-state index contributed by atoms with van der Waals surface area (Å²) in [5.74, 6) is -8.41. The molecule has 0 aromatic carbocycles. The molecule has 1 aromatic heterocycles. The second-order valence-corrected chi connectivity index (χ2v) is 11.9. The van der Waals surface area contributed by atoms with Crippen LogP contribution in [0.1, 0.15) is 74.6 Å². The van der Waals surface area contributed by atoms with Gasteiger partial charge in [-0.05, 0) is 50.7 Å². The van der Waals surface area contributed by atoms with Crippen LogP contribution in [0.4, 0.5) is 4.39 Å². The van der Waals surface area contributed by atoms with E-state index < -0.39 is 99.3 Å². The Morgan fingerprint density at radius 2 is 1.29 bits per heavy atom. The molecule has 51 heavy (non-hydrogen) atoms. The van der Waals surface area contributed by atoms with Gasteiger partial charge in [-0.15, -0.1) is 0 Å². The molecule has 1 rings (SSSR count). The SMILES string of the molecule is O=C(O)CC[C@H](NP(=O)(O)OCCC[C@H](NC(=O)CC[C@H](NC(=O)CCCCCNC(=O)c1ccc([18F])nc1)C(=O)O)C(=O)O)C(=O)O.[K+].[K+].[K+]. The molecule has 4 atom stereocenters. The predicted molar refractivity (Wildman–Crippen MR) is 160 cm³/mol. The second kappa shape index (κ2) is 30.6. The van der Waals surface area contributed by atoms with Crippen molar-refractivity contribution in [2.75, 3.05) is 13.2 Å². The van der Waals surface area contributed by atoms with Crippen molar-refractivity contribution >= 4 is 49.3 Å². The van der Waals surface area contributed by atoms with Gasteiger partial charge in [0.25, 0.3) is 5.91 Å². The van der Waals surface area contributed by atoms with E-state index in [1.807, 2.05) is 5.09 Å². The second-order valence-electron chi connectivity index (χ2n) is 10.3. The van der Waals surface area contributed by atoms with Crippen LogP contribution in [0.3, 0.4) is 0 Å². The van der Waals surface area contributed by atoms with Gasteiger partial charge in [-0.2, -0.15) is 4.39 Å². The number of aromatic nitrogens is 1. The first-order chi connectivity index (χ1) is 22.5. The van der Waals surface area contributed by atoms with Gasteiger partial charge in [0, 0.05) is 32.0 Å². The Morgan fingerprint density at radius 3 is 1.82 bits per heavy atom. The Morgan fingerprint density at radius 1 is 0.745 bits per heavy atom. The van der Waals surface area contributed by atoms with Crippen LogP contribution in [-0.2, 0) is 37.9 Å². The standard InChI is InChI=1S/C27H39FN5O14P.3K/c28-20-10-7-16(15-30-20)24(38)29-13-3-1-2-6-21(34)32-18(26(41)42)8-11-22(35)31-17(25(39)40)5-4-14-47-48(45,46)33-19(27(43)44)9-12-23(36)37;;;/h7,10,15,17-19H,1-6,8-9,11-14H2,(H,29,38)(H,31,35)(H,32,34)(H,36,37)(H,39,40)(H,41,42)(H,43,44)(H2,33,45,46);;;/q;3*+1/t17-,18-,19-;;;/m0.../s1/i28-1;;;. The maximum Gasteiger partial charge on any atom is 1.00 e. The minimum Gasteiger partial charge on any atom is -0.481 e. The van der Waals surface area contributed by atoms with E-state index in [9.17, 15) is 57.6 Å². The van der Waals surface area contributed by atoms with Gasteiger partial charge in [-0.25, -0.2) is 24.2 Å². The van der Waals surface area contributed by atoms with Crippen molar-refractivity contribution in [1.29, 1.82) is 0 Å². The van der Waals surface area contributed by atoms with E-state index in [1.54, 1.807) is 0 Å². The number of nitrogens with zero attached hydrogens (tertiary/aromatic N) is 1. The van der Waals surface area contributed by atoms with Crippen molar-refractivity contribution in [2.24, 2.45) is 0 Å². The fourth-order valence-electron chi connectivity index (χ4n) is 3.95. The number of hydrogen-bond acceptors (Lipinski definition) is 10. The molecule has 268 valence electrons. The molecule has 1 aromatic rings. The Hall–Kier alpha value is 0.389. The molecule has 24 heteroatoms. The number of halogens is 1. The fourth-order valence-corrected chi connectivity index (χ4v) is 5.03. The van der Waals surface area contributed by atoms with Gasteiger partial charge < -0.3 is 41.3 Å². The van der Waals surface area contributed by atoms with Crippen LogP contribution in [0.15, 0.2) is 18.3 Å². The van der Waals surface area contributed by atoms with Crippen molar-refractivity contribution in [3.8, 4) is 0 Å². The quantitative estimate of drug-likeness (QED) is 0.0191. The minimum absolute atomic E-state index is 0. The molecule has 0 spiro atoms. The first-order valence-electron chi connectivity index (χ1n) is 14.6. The summed E-state index contributed by atoms with van der Waals surface area (Å²) in [5.41, 5.74) is 0.184. The van der Waals surface area contributed by atoms with Crippen LogP contribution in [-0.4, -0.2) is 103 Å². The van der Waals surface area contributed by atoms with Gasteiger partial charge in [-0.3, -0.25) is 28.5 Å². The molecule has 9 N–H and O–H groups in total. The molecule has 1 unspecified atom stereocenters. The summed E-state index contributed by atoms with van der Waals surface area (Å²) >= 11 is 0. The zero-order valence-corrected chi connectivity index (χ0v) is 38.9. The summed E-state index contributed by atoms with van der Waals surface area (Å²) in [6.45, 7) is -0.265. The zero-order chi connectivity index (χ0) is 36.3. The molecule has 19 nitrogen and oxygen atoms in total. The van der Waals surface area contributed by atoms with E-state index >= 15 is 0 Å². The van der Waals surface area contributed by atoms with Crippen LogP contribution in [0.5, 0.6) is 0 Å². The Kier molecular flexibility index (Phi) is 33.4. The maximum atomic E-state index is 12.8. The Balaban J connectivity index is -0.00000768. The fraction of sp³-hybridized carbons (Fsp3) is 0.556. The van der Waals surface area contributed by atoms with Crippen molar-refractivity contribution < 1.29 is 227 Å². The molecule has 0 aliphatic heterocycles. The summed E-state index contributed by atoms with van der Waals surface area (Å²) in [6, 6.07) is -2.31. The van der Waals surface area contributed by atoms with E-state index in [0.29, 0.717) is 19.3 Å². The van der Waals surface area contributed by atoms with Gasteiger partial charge in [0.15, 0.2) is 0 Å². The summed E-state index contributed by atoms with van der Waals surface area (Å²) in [4.78, 5) is 94.7. The number of nitrogens with one attached hydrogen (secondary N) is 4. The third kappa shape index (κ3) is 26.8. The zero-order valence-electron chi connectivity index (χ0n) is 28.6. The third-order valence-electron chi connectivity index (χ3n) is 6.45. The molecule has 0 saturated heterocycles. The molecule has 0 bridgehead atoms. The number of carboxylic acids is 4. The van der Waals surface area contributed by atoms with E-state index in [4.69, 9.17) is 14.7 Å².